The lowest BCUT2D eigenvalue weighted by molar-refractivity contribution is -0.158. The lowest BCUT2D eigenvalue weighted by Crippen LogP contribution is -2.61. The Hall–Kier alpha value is -6.44. The predicted octanol–water partition coefficient (Wildman–Crippen LogP) is 9.06. The fraction of sp³-hybridized carbons (Fsp3) is 0.397. The van der Waals surface area contributed by atoms with Gasteiger partial charge in [-0.25, -0.2) is 4.39 Å². The largest absolute Gasteiger partial charge is 0.495 e. The summed E-state index contributed by atoms with van der Waals surface area (Å²) in [5.74, 6) is 4.55. The van der Waals surface area contributed by atoms with E-state index in [4.69, 9.17) is 30.5 Å². The number of carbonyl (C=O) groups is 3. The molecular formula is C58H63BrClF4N7O8. The first-order chi connectivity index (χ1) is 38.1. The van der Waals surface area contributed by atoms with Crippen LogP contribution in [0.15, 0.2) is 108 Å². The van der Waals surface area contributed by atoms with Crippen molar-refractivity contribution in [3.8, 4) is 17.6 Å². The number of carbonyl (C=O) groups excluding carboxylic acids is 2. The van der Waals surface area contributed by atoms with E-state index in [2.05, 4.69) is 43.7 Å². The molecular weight excluding hydrogens is 1110 g/mol. The molecule has 8 rings (SSSR count). The third-order valence-electron chi connectivity index (χ3n) is 13.9. The number of likely N-dealkylation sites (tertiary alicyclic amines) is 1. The van der Waals surface area contributed by atoms with Gasteiger partial charge in [0.2, 0.25) is 5.91 Å². The molecule has 79 heavy (non-hydrogen) atoms. The molecule has 2 saturated heterocycles. The normalized spacial score (nSPS) is 18.1. The summed E-state index contributed by atoms with van der Waals surface area (Å²) in [5, 5.41) is 22.9. The molecule has 2 fully saturated rings. The Kier molecular flexibility index (Phi) is 20.5. The quantitative estimate of drug-likeness (QED) is 0.0259. The summed E-state index contributed by atoms with van der Waals surface area (Å²) in [6.07, 6.45) is -4.61. The predicted molar refractivity (Wildman–Crippen MR) is 300 cm³/mol. The standard InChI is InChI=1S/C58H63BrClF4N7O8/c1-68-22-19-49(47(61)35-68)67-48-10-5-11-51-45(48)34-44(71(51)37-58(62,63)64)9-6-20-65-50-17-15-42(32-52(50)76-2)56(73)66-21-25-77-27-29-79-30-28-78-26-24-69-36-53(72)70(23-18-39-14-16-43(60)33-46(39)59)54(55(69)57(74)75)41-13-12-38-7-3-4-8-40(38)31-41/h3-5,7-8,10-17,31-34,47,49,54-55,65,67H,18-30,35-37H2,1-2H3,(H,66,73)(H,74,75)/t47-,49+,54?,55?/m0/s1. The number of amides is 2. The molecule has 2 amide bonds. The van der Waals surface area contributed by atoms with Gasteiger partial charge < -0.3 is 54.4 Å². The summed E-state index contributed by atoms with van der Waals surface area (Å²) >= 11 is 9.74. The number of aliphatic carboxylic acids is 1. The molecule has 0 radical (unpaired) electrons. The SMILES string of the molecule is COc1cc(C(=O)NCCOCCOCCOCCN2CC(=O)N(CCc3ccc(Cl)cc3Br)C(c3ccc4ccccc4c3)C2C(=O)O)ccc1NCC#Cc1cc2c(N[C@@H]3CCN(C)C[C@@H]3F)cccc2n1CC(F)(F)F. The van der Waals surface area contributed by atoms with Gasteiger partial charge in [-0.15, -0.1) is 0 Å². The topological polar surface area (TPSA) is 159 Å². The Bertz CT molecular complexity index is 3160. The van der Waals surface area contributed by atoms with Gasteiger partial charge in [-0.2, -0.15) is 13.2 Å². The highest BCUT2D eigenvalue weighted by Gasteiger charge is 2.45. The van der Waals surface area contributed by atoms with Crippen molar-refractivity contribution >= 4 is 78.4 Å². The number of nitrogens with one attached hydrogen (secondary N) is 3. The molecule has 1 aromatic heterocycles. The monoisotopic (exact) mass is 1180 g/mol. The number of alkyl halides is 4. The summed E-state index contributed by atoms with van der Waals surface area (Å²) < 4.78 is 80.9. The smallest absolute Gasteiger partial charge is 0.406 e. The van der Waals surface area contributed by atoms with E-state index in [1.807, 2.05) is 60.5 Å². The van der Waals surface area contributed by atoms with E-state index in [1.54, 1.807) is 64.4 Å². The maximum atomic E-state index is 14.9. The van der Waals surface area contributed by atoms with E-state index in [0.717, 1.165) is 30.9 Å². The highest BCUT2D eigenvalue weighted by atomic mass is 79.9. The molecule has 420 valence electrons. The maximum absolute atomic E-state index is 14.9. The molecule has 0 spiro atoms. The van der Waals surface area contributed by atoms with Crippen molar-refractivity contribution in [2.75, 3.05) is 110 Å². The molecule has 3 heterocycles. The second-order valence-electron chi connectivity index (χ2n) is 19.3. The number of halogens is 6. The van der Waals surface area contributed by atoms with Crippen LogP contribution in [-0.4, -0.2) is 166 Å². The summed E-state index contributed by atoms with van der Waals surface area (Å²) in [4.78, 5) is 45.3. The van der Waals surface area contributed by atoms with Gasteiger partial charge in [0, 0.05) is 58.9 Å². The lowest BCUT2D eigenvalue weighted by Gasteiger charge is -2.45. The fourth-order valence-corrected chi connectivity index (χ4v) is 10.9. The number of piperazine rings is 1. The van der Waals surface area contributed by atoms with Crippen LogP contribution >= 0.6 is 27.5 Å². The molecule has 4 atom stereocenters. The minimum absolute atomic E-state index is 0.0463. The Morgan fingerprint density at radius 1 is 0.873 bits per heavy atom. The summed E-state index contributed by atoms with van der Waals surface area (Å²) in [7, 11) is 3.30. The minimum Gasteiger partial charge on any atom is -0.495 e. The van der Waals surface area contributed by atoms with Gasteiger partial charge >= 0.3 is 12.1 Å². The molecule has 0 saturated carbocycles. The molecule has 0 bridgehead atoms. The van der Waals surface area contributed by atoms with Crippen LogP contribution in [0, 0.1) is 11.8 Å². The van der Waals surface area contributed by atoms with Crippen molar-refractivity contribution < 1.29 is 56.0 Å². The molecule has 15 nitrogen and oxygen atoms in total. The van der Waals surface area contributed by atoms with Crippen molar-refractivity contribution in [3.05, 3.63) is 135 Å². The van der Waals surface area contributed by atoms with Gasteiger partial charge in [-0.05, 0) is 102 Å². The van der Waals surface area contributed by atoms with Crippen molar-refractivity contribution in [2.24, 2.45) is 0 Å². The Morgan fingerprint density at radius 2 is 1.63 bits per heavy atom. The van der Waals surface area contributed by atoms with Gasteiger partial charge in [-0.3, -0.25) is 19.3 Å². The summed E-state index contributed by atoms with van der Waals surface area (Å²) in [6.45, 7) is 1.80. The van der Waals surface area contributed by atoms with Crippen LogP contribution in [-0.2, 0) is 36.8 Å². The van der Waals surface area contributed by atoms with Gasteiger partial charge in [-0.1, -0.05) is 82.0 Å². The second-order valence-corrected chi connectivity index (χ2v) is 20.6. The number of carboxylic acids is 1. The number of fused-ring (bicyclic) bond motifs is 2. The van der Waals surface area contributed by atoms with Crippen molar-refractivity contribution in [2.45, 2.75) is 49.9 Å². The van der Waals surface area contributed by atoms with Crippen LogP contribution in [0.25, 0.3) is 21.7 Å². The first kappa shape index (κ1) is 58.7. The molecule has 5 aromatic carbocycles. The van der Waals surface area contributed by atoms with E-state index in [9.17, 15) is 37.1 Å². The zero-order chi connectivity index (χ0) is 56.1. The van der Waals surface area contributed by atoms with E-state index in [0.29, 0.717) is 64.5 Å². The molecule has 2 aliphatic heterocycles. The number of carboxylic acid groups (broad SMARTS) is 1. The molecule has 2 unspecified atom stereocenters. The fourth-order valence-electron chi connectivity index (χ4n) is 9.98. The zero-order valence-electron chi connectivity index (χ0n) is 43.8. The summed E-state index contributed by atoms with van der Waals surface area (Å²) in [6, 6.07) is 28.2. The Labute approximate surface area is 469 Å². The van der Waals surface area contributed by atoms with Crippen molar-refractivity contribution in [1.29, 1.82) is 0 Å². The molecule has 6 aromatic rings. The average molecular weight is 1180 g/mol. The number of piperidine rings is 1. The van der Waals surface area contributed by atoms with Gasteiger partial charge in [0.25, 0.3) is 5.91 Å². The molecule has 4 N–H and O–H groups in total. The number of nitrogens with zero attached hydrogens (tertiary/aromatic N) is 4. The van der Waals surface area contributed by atoms with E-state index in [1.165, 1.54) is 7.11 Å². The van der Waals surface area contributed by atoms with Crippen LogP contribution in [0.4, 0.5) is 28.9 Å². The second kappa shape index (κ2) is 27.6. The number of benzene rings is 5. The van der Waals surface area contributed by atoms with Crippen molar-refractivity contribution in [3.63, 3.8) is 0 Å². The lowest BCUT2D eigenvalue weighted by atomic mass is 9.91. The number of rotatable bonds is 24. The number of aromatic nitrogens is 1. The number of methoxy groups -OCH3 is 1. The first-order valence-electron chi connectivity index (χ1n) is 26.0. The zero-order valence-corrected chi connectivity index (χ0v) is 46.1. The third kappa shape index (κ3) is 15.7. The average Bonchev–Trinajstić information content (AvgIpc) is 3.91. The van der Waals surface area contributed by atoms with E-state index in [-0.39, 0.29) is 89.9 Å². The highest BCUT2D eigenvalue weighted by Crippen LogP contribution is 2.36. The molecule has 21 heteroatoms. The van der Waals surface area contributed by atoms with Gasteiger partial charge in [0.05, 0.1) is 88.8 Å². The van der Waals surface area contributed by atoms with Crippen LogP contribution in [0.3, 0.4) is 0 Å². The van der Waals surface area contributed by atoms with Gasteiger partial charge in [0.15, 0.2) is 0 Å². The van der Waals surface area contributed by atoms with E-state index < -0.39 is 43.0 Å². The first-order valence-corrected chi connectivity index (χ1v) is 27.1. The Morgan fingerprint density at radius 3 is 2.37 bits per heavy atom. The molecule has 0 aliphatic carbocycles. The molecule has 2 aliphatic rings. The van der Waals surface area contributed by atoms with Crippen LogP contribution in [0.5, 0.6) is 5.75 Å². The minimum atomic E-state index is -4.51. The maximum Gasteiger partial charge on any atom is 0.406 e. The Balaban J connectivity index is 0.750. The highest BCUT2D eigenvalue weighted by molar-refractivity contribution is 9.10. The third-order valence-corrected chi connectivity index (χ3v) is 14.9. The number of hydrogen-bond acceptors (Lipinski definition) is 11. The van der Waals surface area contributed by atoms with E-state index >= 15 is 0 Å². The van der Waals surface area contributed by atoms with Crippen LogP contribution < -0.4 is 20.7 Å². The number of anilines is 2. The van der Waals surface area contributed by atoms with Crippen LogP contribution in [0.1, 0.15) is 39.6 Å². The number of ether oxygens (including phenoxy) is 4. The number of hydrogen-bond donors (Lipinski definition) is 4. The van der Waals surface area contributed by atoms with Gasteiger partial charge in [0.1, 0.15) is 24.5 Å². The van der Waals surface area contributed by atoms with Crippen LogP contribution in [0.2, 0.25) is 5.02 Å². The van der Waals surface area contributed by atoms with Crippen molar-refractivity contribution in [1.82, 2.24) is 24.6 Å². The summed E-state index contributed by atoms with van der Waals surface area (Å²) in [5.41, 5.74) is 3.54.